The first-order valence-electron chi connectivity index (χ1n) is 9.08. The van der Waals surface area contributed by atoms with Crippen LogP contribution in [0.3, 0.4) is 0 Å². The van der Waals surface area contributed by atoms with Crippen LogP contribution >= 0.6 is 12.2 Å². The number of carbonyl (C=O) groups is 1. The molecule has 0 radical (unpaired) electrons. The maximum absolute atomic E-state index is 12.2. The van der Waals surface area contributed by atoms with E-state index in [9.17, 15) is 14.9 Å². The van der Waals surface area contributed by atoms with Gasteiger partial charge in [0, 0.05) is 24.2 Å². The lowest BCUT2D eigenvalue weighted by atomic mass is 10.2. The van der Waals surface area contributed by atoms with E-state index in [0.29, 0.717) is 24.7 Å². The molecule has 8 nitrogen and oxygen atoms in total. The lowest BCUT2D eigenvalue weighted by molar-refractivity contribution is -0.384. The molecule has 0 saturated carbocycles. The summed E-state index contributed by atoms with van der Waals surface area (Å²) in [6.07, 6.45) is 2.02. The summed E-state index contributed by atoms with van der Waals surface area (Å²) in [5.41, 5.74) is 1.09. The van der Waals surface area contributed by atoms with Gasteiger partial charge in [-0.2, -0.15) is 0 Å². The Balaban J connectivity index is 1.89. The van der Waals surface area contributed by atoms with Crippen molar-refractivity contribution in [3.63, 3.8) is 0 Å². The van der Waals surface area contributed by atoms with Gasteiger partial charge in [-0.15, -0.1) is 0 Å². The Bertz CT molecular complexity index is 871. The van der Waals surface area contributed by atoms with Crippen molar-refractivity contribution < 1.29 is 19.2 Å². The van der Waals surface area contributed by atoms with Gasteiger partial charge in [-0.05, 0) is 48.5 Å². The van der Waals surface area contributed by atoms with Crippen molar-refractivity contribution in [1.82, 2.24) is 10.6 Å². The molecular weight excluding hydrogens is 394 g/mol. The first kappa shape index (κ1) is 22.1. The number of rotatable bonds is 9. The van der Waals surface area contributed by atoms with Gasteiger partial charge in [-0.3, -0.25) is 20.2 Å². The minimum absolute atomic E-state index is 0.0849. The number of nitrogens with zero attached hydrogens (tertiary/aromatic N) is 1. The summed E-state index contributed by atoms with van der Waals surface area (Å²) in [6, 6.07) is 10.8. The third-order valence-corrected chi connectivity index (χ3v) is 4.25. The highest BCUT2D eigenvalue weighted by Gasteiger charge is 2.11. The molecule has 0 aliphatic rings. The zero-order valence-electron chi connectivity index (χ0n) is 16.3. The Labute approximate surface area is 174 Å². The van der Waals surface area contributed by atoms with E-state index < -0.39 is 10.8 Å². The average Bonchev–Trinajstić information content (AvgIpc) is 2.73. The number of non-ortho nitro benzene ring substituents is 1. The predicted molar refractivity (Wildman–Crippen MR) is 113 cm³/mol. The molecular formula is C20H23N3O5S. The molecule has 0 aromatic heterocycles. The van der Waals surface area contributed by atoms with Crippen LogP contribution in [-0.2, 0) is 6.54 Å². The molecule has 2 N–H and O–H groups in total. The molecule has 0 fully saturated rings. The van der Waals surface area contributed by atoms with Gasteiger partial charge in [-0.1, -0.05) is 19.4 Å². The van der Waals surface area contributed by atoms with Crippen molar-refractivity contribution in [2.45, 2.75) is 26.3 Å². The normalized spacial score (nSPS) is 10.1. The second-order valence-corrected chi connectivity index (χ2v) is 6.54. The second kappa shape index (κ2) is 11.0. The van der Waals surface area contributed by atoms with Crippen molar-refractivity contribution in [3.05, 3.63) is 63.7 Å². The maximum atomic E-state index is 12.2. The average molecular weight is 417 g/mol. The third kappa shape index (κ3) is 6.72. The van der Waals surface area contributed by atoms with Crippen molar-refractivity contribution in [1.29, 1.82) is 0 Å². The van der Waals surface area contributed by atoms with Gasteiger partial charge in [0.05, 0.1) is 18.6 Å². The van der Waals surface area contributed by atoms with E-state index in [-0.39, 0.29) is 16.4 Å². The number of ether oxygens (including phenoxy) is 2. The van der Waals surface area contributed by atoms with Crippen LogP contribution in [-0.4, -0.2) is 29.7 Å². The summed E-state index contributed by atoms with van der Waals surface area (Å²) in [5, 5.41) is 16.3. The van der Waals surface area contributed by atoms with Crippen molar-refractivity contribution >= 4 is 28.9 Å². The summed E-state index contributed by atoms with van der Waals surface area (Å²) < 4.78 is 11.1. The minimum Gasteiger partial charge on any atom is -0.493 e. The van der Waals surface area contributed by atoms with Gasteiger partial charge < -0.3 is 14.8 Å². The molecule has 0 unspecified atom stereocenters. The van der Waals surface area contributed by atoms with Crippen molar-refractivity contribution in [3.8, 4) is 11.5 Å². The molecule has 1 amide bonds. The van der Waals surface area contributed by atoms with Gasteiger partial charge in [0.1, 0.15) is 0 Å². The molecule has 0 bridgehead atoms. The third-order valence-electron chi connectivity index (χ3n) is 4.00. The fourth-order valence-electron chi connectivity index (χ4n) is 2.40. The molecule has 2 aromatic rings. The maximum Gasteiger partial charge on any atom is 0.269 e. The summed E-state index contributed by atoms with van der Waals surface area (Å²) in [5.74, 6) is 0.856. The van der Waals surface area contributed by atoms with E-state index in [0.717, 1.165) is 18.4 Å². The monoisotopic (exact) mass is 417 g/mol. The van der Waals surface area contributed by atoms with E-state index in [2.05, 4.69) is 17.6 Å². The number of nitro benzene ring substituents is 1. The molecule has 0 heterocycles. The molecule has 2 rings (SSSR count). The number of nitro groups is 1. The lowest BCUT2D eigenvalue weighted by Gasteiger charge is -2.13. The number of hydrogen-bond acceptors (Lipinski definition) is 6. The molecule has 0 spiro atoms. The van der Waals surface area contributed by atoms with Gasteiger partial charge >= 0.3 is 0 Å². The summed E-state index contributed by atoms with van der Waals surface area (Å²) in [4.78, 5) is 22.3. The number of unbranched alkanes of at least 4 members (excludes halogenated alkanes) is 1. The Kier molecular flexibility index (Phi) is 8.35. The van der Waals surface area contributed by atoms with E-state index in [4.69, 9.17) is 21.7 Å². The largest absolute Gasteiger partial charge is 0.493 e. The summed E-state index contributed by atoms with van der Waals surface area (Å²) >= 11 is 5.15. The van der Waals surface area contributed by atoms with Crippen LogP contribution < -0.4 is 20.1 Å². The minimum atomic E-state index is -0.526. The molecule has 9 heteroatoms. The van der Waals surface area contributed by atoms with Crippen LogP contribution in [0.15, 0.2) is 42.5 Å². The second-order valence-electron chi connectivity index (χ2n) is 6.13. The lowest BCUT2D eigenvalue weighted by Crippen LogP contribution is -2.38. The van der Waals surface area contributed by atoms with Gasteiger partial charge in [-0.25, -0.2) is 0 Å². The Morgan fingerprint density at radius 1 is 1.17 bits per heavy atom. The van der Waals surface area contributed by atoms with Gasteiger partial charge in [0.25, 0.3) is 11.6 Å². The van der Waals surface area contributed by atoms with E-state index in [1.165, 1.54) is 24.3 Å². The highest BCUT2D eigenvalue weighted by Crippen LogP contribution is 2.28. The van der Waals surface area contributed by atoms with E-state index in [1.54, 1.807) is 7.11 Å². The molecule has 154 valence electrons. The molecule has 0 atom stereocenters. The first-order valence-corrected chi connectivity index (χ1v) is 9.48. The predicted octanol–water partition coefficient (Wildman–Crippen LogP) is 3.59. The summed E-state index contributed by atoms with van der Waals surface area (Å²) in [7, 11) is 1.58. The molecule has 0 aliphatic heterocycles. The number of nitrogens with one attached hydrogen (secondary N) is 2. The number of carbonyl (C=O) groups excluding carboxylic acids is 1. The zero-order valence-corrected chi connectivity index (χ0v) is 17.1. The molecule has 2 aromatic carbocycles. The van der Waals surface area contributed by atoms with Gasteiger partial charge in [0.15, 0.2) is 16.6 Å². The number of methoxy groups -OCH3 is 1. The Morgan fingerprint density at radius 2 is 1.90 bits per heavy atom. The number of amides is 1. The molecule has 29 heavy (non-hydrogen) atoms. The van der Waals surface area contributed by atoms with Crippen LogP contribution in [0, 0.1) is 10.1 Å². The SMILES string of the molecule is CCCCOc1ccc(CNC(=S)NC(=O)c2ccc([N+](=O)[O-])cc2)cc1OC. The molecule has 0 saturated heterocycles. The van der Waals surface area contributed by atoms with Gasteiger partial charge in [0.2, 0.25) is 0 Å². The van der Waals surface area contributed by atoms with Crippen LogP contribution in [0.1, 0.15) is 35.7 Å². The van der Waals surface area contributed by atoms with Crippen LogP contribution in [0.4, 0.5) is 5.69 Å². The zero-order chi connectivity index (χ0) is 21.2. The number of benzene rings is 2. The fraction of sp³-hybridized carbons (Fsp3) is 0.300. The quantitative estimate of drug-likeness (QED) is 0.278. The van der Waals surface area contributed by atoms with Crippen LogP contribution in [0.5, 0.6) is 11.5 Å². The van der Waals surface area contributed by atoms with Crippen LogP contribution in [0.25, 0.3) is 0 Å². The summed E-state index contributed by atoms with van der Waals surface area (Å²) in [6.45, 7) is 3.10. The highest BCUT2D eigenvalue weighted by atomic mass is 32.1. The Morgan fingerprint density at radius 3 is 2.52 bits per heavy atom. The Hall–Kier alpha value is -3.20. The first-order chi connectivity index (χ1) is 13.9. The van der Waals surface area contributed by atoms with Crippen molar-refractivity contribution in [2.75, 3.05) is 13.7 Å². The standard InChI is InChI=1S/C20H23N3O5S/c1-3-4-11-28-17-10-5-14(12-18(17)27-2)13-21-20(29)22-19(24)15-6-8-16(9-7-15)23(25)26/h5-10,12H,3-4,11,13H2,1-2H3,(H2,21,22,24,29). The topological polar surface area (TPSA) is 103 Å². The highest BCUT2D eigenvalue weighted by molar-refractivity contribution is 7.80. The number of hydrogen-bond donors (Lipinski definition) is 2. The van der Waals surface area contributed by atoms with E-state index in [1.807, 2.05) is 18.2 Å². The smallest absolute Gasteiger partial charge is 0.269 e. The number of thiocarbonyl (C=S) groups is 1. The van der Waals surface area contributed by atoms with E-state index >= 15 is 0 Å². The molecule has 0 aliphatic carbocycles. The fourth-order valence-corrected chi connectivity index (χ4v) is 2.57. The van der Waals surface area contributed by atoms with Crippen LogP contribution in [0.2, 0.25) is 0 Å². The van der Waals surface area contributed by atoms with Crippen molar-refractivity contribution in [2.24, 2.45) is 0 Å².